The molecule has 0 saturated carbocycles. The average molecular weight is 390 g/mol. The lowest BCUT2D eigenvalue weighted by Gasteiger charge is -2.16. The summed E-state index contributed by atoms with van der Waals surface area (Å²) in [5, 5.41) is 0.0844. The Kier molecular flexibility index (Phi) is 4.17. The average Bonchev–Trinajstić information content (AvgIpc) is 2.93. The van der Waals surface area contributed by atoms with Crippen LogP contribution in [-0.4, -0.2) is 12.4 Å². The molecule has 0 bridgehead atoms. The third kappa shape index (κ3) is 2.86. The number of nitrogens with zero attached hydrogens (tertiary/aromatic N) is 1. The van der Waals surface area contributed by atoms with Crippen molar-refractivity contribution in [3.63, 3.8) is 0 Å². The van der Waals surface area contributed by atoms with E-state index in [0.29, 0.717) is 11.1 Å². The minimum absolute atomic E-state index is 0.651. The number of aromatic nitrogens is 1. The quantitative estimate of drug-likeness (QED) is 0.600. The van der Waals surface area contributed by atoms with E-state index in [1.165, 1.54) is 10.0 Å². The molecule has 1 aromatic heterocycles. The Morgan fingerprint density at radius 2 is 1.83 bits per heavy atom. The molecule has 23 heavy (non-hydrogen) atoms. The fraction of sp³-hybridized carbons (Fsp3) is 0.111. The van der Waals surface area contributed by atoms with Crippen LogP contribution in [0, 0.1) is 6.92 Å². The van der Waals surface area contributed by atoms with Gasteiger partial charge in [0.25, 0.3) is 0 Å². The van der Waals surface area contributed by atoms with Crippen LogP contribution in [0.25, 0.3) is 10.9 Å². The Morgan fingerprint density at radius 3 is 2.48 bits per heavy atom. The zero-order valence-corrected chi connectivity index (χ0v) is 15.0. The lowest BCUT2D eigenvalue weighted by molar-refractivity contribution is 0.583. The number of rotatable bonds is 4. The molecule has 5 heteroatoms. The topological polar surface area (TPSA) is 39.1 Å². The van der Waals surface area contributed by atoms with Crippen molar-refractivity contribution in [1.82, 2.24) is 3.97 Å². The van der Waals surface area contributed by atoms with Crippen LogP contribution in [0.5, 0.6) is 0 Å². The number of fused-ring (bicyclic) bond motifs is 1. The maximum absolute atomic E-state index is 13.1. The summed E-state index contributed by atoms with van der Waals surface area (Å²) in [5.41, 5.74) is 2.45. The van der Waals surface area contributed by atoms with E-state index in [9.17, 15) is 8.42 Å². The van der Waals surface area contributed by atoms with E-state index in [-0.39, 0.29) is 0 Å². The summed E-state index contributed by atoms with van der Waals surface area (Å²) in [7, 11) is -3.64. The number of hydrogen-bond donors (Lipinski definition) is 0. The molecule has 0 N–H and O–H groups in total. The van der Waals surface area contributed by atoms with Crippen LogP contribution >= 0.6 is 15.9 Å². The number of aryl methyl sites for hydroxylation is 1. The summed E-state index contributed by atoms with van der Waals surface area (Å²) < 4.78 is 28.4. The van der Waals surface area contributed by atoms with Gasteiger partial charge in [0.15, 0.2) is 0 Å². The molecule has 1 atom stereocenters. The molecule has 0 amide bonds. The van der Waals surface area contributed by atoms with Gasteiger partial charge in [-0.05, 0) is 30.7 Å². The normalized spacial score (nSPS) is 13.1. The van der Waals surface area contributed by atoms with Crippen LogP contribution < -0.4 is 0 Å². The predicted molar refractivity (Wildman–Crippen MR) is 98.1 cm³/mol. The minimum Gasteiger partial charge on any atom is -0.244 e. The molecular formula is C18H16BrNO2S. The lowest BCUT2D eigenvalue weighted by Crippen LogP contribution is -2.19. The molecule has 3 aromatic rings. The molecule has 3 rings (SSSR count). The van der Waals surface area contributed by atoms with Gasteiger partial charge < -0.3 is 0 Å². The van der Waals surface area contributed by atoms with E-state index in [2.05, 4.69) is 22.5 Å². The van der Waals surface area contributed by atoms with Crippen molar-refractivity contribution >= 4 is 36.9 Å². The molecule has 118 valence electrons. The van der Waals surface area contributed by atoms with E-state index >= 15 is 0 Å². The van der Waals surface area contributed by atoms with Crippen molar-refractivity contribution in [2.75, 3.05) is 0 Å². The molecule has 0 aliphatic heterocycles. The molecular weight excluding hydrogens is 374 g/mol. The van der Waals surface area contributed by atoms with Gasteiger partial charge in [0.05, 0.1) is 5.52 Å². The van der Waals surface area contributed by atoms with Crippen molar-refractivity contribution in [1.29, 1.82) is 0 Å². The first kappa shape index (κ1) is 16.0. The second kappa shape index (κ2) is 5.98. The monoisotopic (exact) mass is 389 g/mol. The molecule has 0 saturated heterocycles. The zero-order valence-electron chi connectivity index (χ0n) is 12.6. The highest BCUT2D eigenvalue weighted by molar-refractivity contribution is 9.10. The first-order valence-electron chi connectivity index (χ1n) is 7.13. The Morgan fingerprint density at radius 1 is 1.13 bits per heavy atom. The summed E-state index contributed by atoms with van der Waals surface area (Å²) in [6, 6.07) is 14.9. The predicted octanol–water partition coefficient (Wildman–Crippen LogP) is 4.82. The standard InChI is InChI=1S/C18H16BrNO2S/c1-3-18(15-6-4-13(2)5-7-15)23(21,22)20-11-10-14-8-9-16(19)12-17(14)20/h3-12,18H,1H2,2H3. The van der Waals surface area contributed by atoms with Crippen molar-refractivity contribution in [2.24, 2.45) is 0 Å². The van der Waals surface area contributed by atoms with E-state index in [0.717, 1.165) is 15.4 Å². The molecule has 1 unspecified atom stereocenters. The van der Waals surface area contributed by atoms with Crippen molar-refractivity contribution < 1.29 is 8.42 Å². The van der Waals surface area contributed by atoms with Crippen LogP contribution in [0.15, 0.2) is 71.9 Å². The third-order valence-corrected chi connectivity index (χ3v) is 6.30. The Labute approximate surface area is 144 Å². The van der Waals surface area contributed by atoms with E-state index < -0.39 is 15.3 Å². The van der Waals surface area contributed by atoms with Crippen molar-refractivity contribution in [3.8, 4) is 0 Å². The molecule has 0 aliphatic rings. The van der Waals surface area contributed by atoms with Gasteiger partial charge in [0.1, 0.15) is 5.25 Å². The van der Waals surface area contributed by atoms with Gasteiger partial charge in [0, 0.05) is 16.1 Å². The lowest BCUT2D eigenvalue weighted by atomic mass is 10.1. The summed E-state index contributed by atoms with van der Waals surface area (Å²) in [4.78, 5) is 0. The van der Waals surface area contributed by atoms with E-state index in [4.69, 9.17) is 0 Å². The zero-order chi connectivity index (χ0) is 16.6. The molecule has 2 aromatic carbocycles. The van der Waals surface area contributed by atoms with Crippen molar-refractivity contribution in [3.05, 3.63) is 83.0 Å². The molecule has 1 heterocycles. The van der Waals surface area contributed by atoms with Crippen molar-refractivity contribution in [2.45, 2.75) is 12.2 Å². The SMILES string of the molecule is C=CC(c1ccc(C)cc1)S(=O)(=O)n1ccc2ccc(Br)cc21. The van der Waals surface area contributed by atoms with Gasteiger partial charge in [-0.15, -0.1) is 6.58 Å². The minimum atomic E-state index is -3.64. The van der Waals surface area contributed by atoms with Gasteiger partial charge in [0.2, 0.25) is 10.0 Å². The summed E-state index contributed by atoms with van der Waals surface area (Å²) in [6.45, 7) is 5.70. The first-order chi connectivity index (χ1) is 10.9. The maximum atomic E-state index is 13.1. The summed E-state index contributed by atoms with van der Waals surface area (Å²) >= 11 is 3.40. The summed E-state index contributed by atoms with van der Waals surface area (Å²) in [5.74, 6) is 0. The van der Waals surface area contributed by atoms with Crippen LogP contribution in [0.3, 0.4) is 0 Å². The molecule has 0 fully saturated rings. The third-order valence-electron chi connectivity index (χ3n) is 3.83. The summed E-state index contributed by atoms with van der Waals surface area (Å²) in [6.07, 6.45) is 3.07. The smallest absolute Gasteiger partial charge is 0.244 e. The van der Waals surface area contributed by atoms with Gasteiger partial charge in [-0.2, -0.15) is 0 Å². The van der Waals surface area contributed by atoms with Crippen LogP contribution in [0.4, 0.5) is 0 Å². The van der Waals surface area contributed by atoms with Crippen LogP contribution in [0.1, 0.15) is 16.4 Å². The molecule has 3 nitrogen and oxygen atoms in total. The van der Waals surface area contributed by atoms with Gasteiger partial charge in [-0.3, -0.25) is 0 Å². The molecule has 0 spiro atoms. The molecule has 0 radical (unpaired) electrons. The highest BCUT2D eigenvalue weighted by Gasteiger charge is 2.27. The fourth-order valence-electron chi connectivity index (χ4n) is 2.61. The Balaban J connectivity index is 2.16. The fourth-order valence-corrected chi connectivity index (χ4v) is 4.61. The number of benzene rings is 2. The van der Waals surface area contributed by atoms with E-state index in [1.54, 1.807) is 12.3 Å². The number of hydrogen-bond acceptors (Lipinski definition) is 2. The van der Waals surface area contributed by atoms with Crippen LogP contribution in [-0.2, 0) is 10.0 Å². The maximum Gasteiger partial charge on any atom is 0.249 e. The molecule has 0 aliphatic carbocycles. The second-order valence-corrected chi connectivity index (χ2v) is 8.27. The highest BCUT2D eigenvalue weighted by Crippen LogP contribution is 2.30. The van der Waals surface area contributed by atoms with Gasteiger partial charge in [-0.25, -0.2) is 12.4 Å². The Hall–Kier alpha value is -1.85. The highest BCUT2D eigenvalue weighted by atomic mass is 79.9. The largest absolute Gasteiger partial charge is 0.249 e. The number of halogens is 1. The second-order valence-electron chi connectivity index (χ2n) is 5.43. The Bertz CT molecular complexity index is 972. The van der Waals surface area contributed by atoms with Gasteiger partial charge >= 0.3 is 0 Å². The first-order valence-corrected chi connectivity index (χ1v) is 9.43. The van der Waals surface area contributed by atoms with Crippen LogP contribution in [0.2, 0.25) is 0 Å². The van der Waals surface area contributed by atoms with E-state index in [1.807, 2.05) is 49.4 Å². The van der Waals surface area contributed by atoms with Gasteiger partial charge in [-0.1, -0.05) is 57.9 Å².